The molecule has 1 aromatic heterocycles. The molecule has 3 aliphatic heterocycles. The highest BCUT2D eigenvalue weighted by molar-refractivity contribution is 7.09. The van der Waals surface area contributed by atoms with E-state index in [-0.39, 0.29) is 11.3 Å². The van der Waals surface area contributed by atoms with Gasteiger partial charge in [-0.1, -0.05) is 0 Å². The molecule has 0 N–H and O–H groups in total. The molecular formula is C18H27N3O3S. The molecular weight excluding hydrogens is 338 g/mol. The molecule has 0 bridgehead atoms. The van der Waals surface area contributed by atoms with Crippen LogP contribution in [0.1, 0.15) is 24.3 Å². The standard InChI is InChI=1S/C18H27N3O3S/c22-17(15-1-7-23-8-2-15)21-6-9-24-14-18(13-21)3-5-20(12-18)11-16-19-4-10-25-16/h4,10,15H,1-3,5-9,11-14H2/t18-/m1/s1. The van der Waals surface area contributed by atoms with Crippen LogP contribution in [0, 0.1) is 11.3 Å². The van der Waals surface area contributed by atoms with E-state index < -0.39 is 0 Å². The van der Waals surface area contributed by atoms with Crippen LogP contribution in [-0.4, -0.2) is 73.3 Å². The number of carbonyl (C=O) groups excluding carboxylic acids is 1. The second-order valence-corrected chi connectivity index (χ2v) is 8.56. The molecule has 4 heterocycles. The second-order valence-electron chi connectivity index (χ2n) is 7.59. The van der Waals surface area contributed by atoms with Crippen molar-refractivity contribution in [2.75, 3.05) is 52.6 Å². The third-order valence-electron chi connectivity index (χ3n) is 5.68. The van der Waals surface area contributed by atoms with E-state index in [9.17, 15) is 4.79 Å². The van der Waals surface area contributed by atoms with Crippen LogP contribution in [0.15, 0.2) is 11.6 Å². The van der Waals surface area contributed by atoms with Crippen molar-refractivity contribution in [1.29, 1.82) is 0 Å². The van der Waals surface area contributed by atoms with E-state index in [4.69, 9.17) is 9.47 Å². The van der Waals surface area contributed by atoms with Gasteiger partial charge in [0.15, 0.2) is 0 Å². The maximum absolute atomic E-state index is 13.0. The van der Waals surface area contributed by atoms with Gasteiger partial charge in [0.25, 0.3) is 0 Å². The molecule has 0 unspecified atom stereocenters. The zero-order valence-corrected chi connectivity index (χ0v) is 15.5. The SMILES string of the molecule is O=C(C1CCOCC1)N1CCOC[C@@]2(CCN(Cc3nccs3)C2)C1. The van der Waals surface area contributed by atoms with Crippen LogP contribution in [0.3, 0.4) is 0 Å². The first-order valence-electron chi connectivity index (χ1n) is 9.29. The molecule has 1 aromatic rings. The van der Waals surface area contributed by atoms with E-state index in [1.165, 1.54) is 5.01 Å². The first-order chi connectivity index (χ1) is 12.2. The minimum atomic E-state index is 0.0780. The Labute approximate surface area is 153 Å². The molecule has 0 radical (unpaired) electrons. The van der Waals surface area contributed by atoms with Gasteiger partial charge in [-0.25, -0.2) is 4.98 Å². The van der Waals surface area contributed by atoms with Gasteiger partial charge in [0.1, 0.15) is 5.01 Å². The average Bonchev–Trinajstić information content (AvgIpc) is 3.23. The summed E-state index contributed by atoms with van der Waals surface area (Å²) in [4.78, 5) is 21.9. The summed E-state index contributed by atoms with van der Waals surface area (Å²) in [6.45, 7) is 7.37. The number of hydrogen-bond acceptors (Lipinski definition) is 6. The highest BCUT2D eigenvalue weighted by atomic mass is 32.1. The fourth-order valence-electron chi connectivity index (χ4n) is 4.32. The lowest BCUT2D eigenvalue weighted by Crippen LogP contribution is -2.46. The molecule has 0 aliphatic carbocycles. The molecule has 6 nitrogen and oxygen atoms in total. The number of aromatic nitrogens is 1. The van der Waals surface area contributed by atoms with E-state index in [2.05, 4.69) is 14.8 Å². The number of likely N-dealkylation sites (tertiary alicyclic amines) is 1. The Balaban J connectivity index is 1.40. The molecule has 1 atom stereocenters. The zero-order chi connectivity index (χ0) is 17.1. The van der Waals surface area contributed by atoms with Gasteiger partial charge < -0.3 is 14.4 Å². The third-order valence-corrected chi connectivity index (χ3v) is 6.45. The molecule has 0 aromatic carbocycles. The Bertz CT molecular complexity index is 576. The van der Waals surface area contributed by atoms with Crippen molar-refractivity contribution in [3.63, 3.8) is 0 Å². The van der Waals surface area contributed by atoms with Gasteiger partial charge in [-0.3, -0.25) is 9.69 Å². The van der Waals surface area contributed by atoms with Gasteiger partial charge in [-0.15, -0.1) is 11.3 Å². The van der Waals surface area contributed by atoms with Gasteiger partial charge in [0.05, 0.1) is 19.8 Å². The number of rotatable bonds is 3. The van der Waals surface area contributed by atoms with Gasteiger partial charge in [-0.05, 0) is 25.8 Å². The normalized spacial score (nSPS) is 29.2. The van der Waals surface area contributed by atoms with E-state index in [1.54, 1.807) is 11.3 Å². The monoisotopic (exact) mass is 365 g/mol. The van der Waals surface area contributed by atoms with Crippen LogP contribution in [0.5, 0.6) is 0 Å². The Morgan fingerprint density at radius 1 is 1.24 bits per heavy atom. The average molecular weight is 365 g/mol. The minimum absolute atomic E-state index is 0.0780. The molecule has 1 amide bonds. The number of nitrogens with zero attached hydrogens (tertiary/aromatic N) is 3. The molecule has 3 saturated heterocycles. The summed E-state index contributed by atoms with van der Waals surface area (Å²) in [6.07, 6.45) is 4.68. The Kier molecular flexibility index (Phi) is 5.36. The smallest absolute Gasteiger partial charge is 0.225 e. The van der Waals surface area contributed by atoms with Crippen molar-refractivity contribution in [2.45, 2.75) is 25.8 Å². The number of hydrogen-bond donors (Lipinski definition) is 0. The molecule has 3 aliphatic rings. The lowest BCUT2D eigenvalue weighted by atomic mass is 9.87. The van der Waals surface area contributed by atoms with Crippen LogP contribution >= 0.6 is 11.3 Å². The van der Waals surface area contributed by atoms with E-state index in [0.717, 1.165) is 58.6 Å². The van der Waals surface area contributed by atoms with Crippen LogP contribution in [-0.2, 0) is 20.8 Å². The van der Waals surface area contributed by atoms with Crippen molar-refractivity contribution in [1.82, 2.24) is 14.8 Å². The quantitative estimate of drug-likeness (QED) is 0.815. The zero-order valence-electron chi connectivity index (χ0n) is 14.7. The van der Waals surface area contributed by atoms with Crippen LogP contribution in [0.2, 0.25) is 0 Å². The summed E-state index contributed by atoms with van der Waals surface area (Å²) in [7, 11) is 0. The first kappa shape index (κ1) is 17.4. The Morgan fingerprint density at radius 3 is 2.92 bits per heavy atom. The summed E-state index contributed by atoms with van der Waals surface area (Å²) in [5, 5.41) is 3.20. The van der Waals surface area contributed by atoms with Crippen molar-refractivity contribution >= 4 is 17.2 Å². The lowest BCUT2D eigenvalue weighted by molar-refractivity contribution is -0.139. The van der Waals surface area contributed by atoms with Gasteiger partial charge >= 0.3 is 0 Å². The maximum Gasteiger partial charge on any atom is 0.225 e. The predicted octanol–water partition coefficient (Wildman–Crippen LogP) is 1.62. The van der Waals surface area contributed by atoms with Crippen LogP contribution in [0.4, 0.5) is 0 Å². The second kappa shape index (κ2) is 7.70. The predicted molar refractivity (Wildman–Crippen MR) is 95.4 cm³/mol. The minimum Gasteiger partial charge on any atom is -0.381 e. The molecule has 138 valence electrons. The third kappa shape index (κ3) is 4.05. The molecule has 25 heavy (non-hydrogen) atoms. The molecule has 7 heteroatoms. The molecule has 1 spiro atoms. The Morgan fingerprint density at radius 2 is 2.12 bits per heavy atom. The fourth-order valence-corrected chi connectivity index (χ4v) is 4.97. The first-order valence-corrected chi connectivity index (χ1v) is 10.2. The highest BCUT2D eigenvalue weighted by Gasteiger charge is 2.43. The molecule has 3 fully saturated rings. The van der Waals surface area contributed by atoms with Crippen molar-refractivity contribution in [3.05, 3.63) is 16.6 Å². The summed E-state index contributed by atoms with van der Waals surface area (Å²) < 4.78 is 11.3. The van der Waals surface area contributed by atoms with Gasteiger partial charge in [-0.2, -0.15) is 0 Å². The van der Waals surface area contributed by atoms with E-state index in [0.29, 0.717) is 25.7 Å². The lowest BCUT2D eigenvalue weighted by Gasteiger charge is -2.34. The fraction of sp³-hybridized carbons (Fsp3) is 0.778. The van der Waals surface area contributed by atoms with Crippen LogP contribution < -0.4 is 0 Å². The maximum atomic E-state index is 13.0. The number of thiazole rings is 1. The number of carbonyl (C=O) groups is 1. The van der Waals surface area contributed by atoms with E-state index in [1.807, 2.05) is 11.6 Å². The number of ether oxygens (including phenoxy) is 2. The summed E-state index contributed by atoms with van der Waals surface area (Å²) in [6, 6.07) is 0. The summed E-state index contributed by atoms with van der Waals surface area (Å²) in [5.74, 6) is 0.447. The van der Waals surface area contributed by atoms with Crippen LogP contribution in [0.25, 0.3) is 0 Å². The topological polar surface area (TPSA) is 54.9 Å². The summed E-state index contributed by atoms with van der Waals surface area (Å²) in [5.41, 5.74) is 0.0780. The summed E-state index contributed by atoms with van der Waals surface area (Å²) >= 11 is 1.71. The number of amides is 1. The van der Waals surface area contributed by atoms with Crippen molar-refractivity contribution < 1.29 is 14.3 Å². The van der Waals surface area contributed by atoms with Crippen molar-refractivity contribution in [3.8, 4) is 0 Å². The molecule has 0 saturated carbocycles. The van der Waals surface area contributed by atoms with Gasteiger partial charge in [0.2, 0.25) is 5.91 Å². The van der Waals surface area contributed by atoms with Crippen molar-refractivity contribution in [2.24, 2.45) is 11.3 Å². The highest BCUT2D eigenvalue weighted by Crippen LogP contribution is 2.35. The van der Waals surface area contributed by atoms with E-state index >= 15 is 0 Å². The largest absolute Gasteiger partial charge is 0.381 e. The molecule has 4 rings (SSSR count). The van der Waals surface area contributed by atoms with Gasteiger partial charge in [0, 0.05) is 55.8 Å². The Hall–Kier alpha value is -1.02.